The number of alkyl halides is 3. The predicted molar refractivity (Wildman–Crippen MR) is 55.4 cm³/mol. The molecule has 0 spiro atoms. The summed E-state index contributed by atoms with van der Waals surface area (Å²) in [5.41, 5.74) is 0.936. The molecule has 2 N–H and O–H groups in total. The number of hydrogen-bond donors (Lipinski definition) is 2. The minimum atomic E-state index is -4.50. The molecule has 1 aromatic carbocycles. The molecule has 3 nitrogen and oxygen atoms in total. The number of halogens is 3. The summed E-state index contributed by atoms with van der Waals surface area (Å²) in [7, 11) is 0. The van der Waals surface area contributed by atoms with Crippen molar-refractivity contribution in [3.8, 4) is 17.0 Å². The van der Waals surface area contributed by atoms with Gasteiger partial charge in [-0.25, -0.2) is 4.98 Å². The molecule has 17 heavy (non-hydrogen) atoms. The van der Waals surface area contributed by atoms with Gasteiger partial charge in [-0.2, -0.15) is 13.2 Å². The van der Waals surface area contributed by atoms with Crippen molar-refractivity contribution in [1.29, 1.82) is 0 Å². The fourth-order valence-electron chi connectivity index (χ4n) is 1.53. The van der Waals surface area contributed by atoms with Gasteiger partial charge in [-0.3, -0.25) is 0 Å². The molecule has 0 amide bonds. The van der Waals surface area contributed by atoms with Crippen LogP contribution in [0, 0.1) is 6.92 Å². The molecule has 0 saturated carbocycles. The van der Waals surface area contributed by atoms with Crippen LogP contribution in [0.15, 0.2) is 24.3 Å². The summed E-state index contributed by atoms with van der Waals surface area (Å²) in [5.74, 6) is -1.05. The molecule has 2 rings (SSSR count). The van der Waals surface area contributed by atoms with Crippen LogP contribution in [0.5, 0.6) is 5.75 Å². The van der Waals surface area contributed by atoms with Crippen molar-refractivity contribution in [2.75, 3.05) is 0 Å². The van der Waals surface area contributed by atoms with Crippen molar-refractivity contribution in [3.63, 3.8) is 0 Å². The lowest BCUT2D eigenvalue weighted by atomic mass is 10.1. The summed E-state index contributed by atoms with van der Waals surface area (Å²) in [6, 6.07) is 5.94. The van der Waals surface area contributed by atoms with E-state index in [0.29, 0.717) is 11.3 Å². The van der Waals surface area contributed by atoms with Gasteiger partial charge >= 0.3 is 6.18 Å². The fraction of sp³-hybridized carbons (Fsp3) is 0.182. The van der Waals surface area contributed by atoms with Crippen molar-refractivity contribution in [3.05, 3.63) is 35.8 Å². The van der Waals surface area contributed by atoms with Crippen LogP contribution in [0.1, 0.15) is 11.5 Å². The van der Waals surface area contributed by atoms with Gasteiger partial charge in [0.25, 0.3) is 0 Å². The number of nitrogens with one attached hydrogen (secondary N) is 1. The SMILES string of the molecule is Cc1[nH]c(C(F)(F)F)nc1-c1cccc(O)c1. The third kappa shape index (κ3) is 2.25. The molecular formula is C11H9F3N2O. The van der Waals surface area contributed by atoms with Gasteiger partial charge < -0.3 is 10.1 Å². The highest BCUT2D eigenvalue weighted by Crippen LogP contribution is 2.31. The molecule has 2 aromatic rings. The average molecular weight is 242 g/mol. The summed E-state index contributed by atoms with van der Waals surface area (Å²) in [4.78, 5) is 5.69. The summed E-state index contributed by atoms with van der Waals surface area (Å²) in [6.45, 7) is 1.50. The Morgan fingerprint density at radius 3 is 2.53 bits per heavy atom. The summed E-state index contributed by atoms with van der Waals surface area (Å²) < 4.78 is 37.3. The molecule has 0 aliphatic carbocycles. The van der Waals surface area contributed by atoms with E-state index in [1.165, 1.54) is 19.1 Å². The van der Waals surface area contributed by atoms with Crippen molar-refractivity contribution in [2.45, 2.75) is 13.1 Å². The van der Waals surface area contributed by atoms with Crippen LogP contribution in [0.3, 0.4) is 0 Å². The molecule has 0 radical (unpaired) electrons. The van der Waals surface area contributed by atoms with Crippen molar-refractivity contribution < 1.29 is 18.3 Å². The van der Waals surface area contributed by atoms with E-state index in [1.54, 1.807) is 12.1 Å². The normalized spacial score (nSPS) is 11.8. The highest BCUT2D eigenvalue weighted by atomic mass is 19.4. The largest absolute Gasteiger partial charge is 0.508 e. The molecule has 0 bridgehead atoms. The maximum absolute atomic E-state index is 12.4. The van der Waals surface area contributed by atoms with Crippen LogP contribution in [-0.2, 0) is 6.18 Å². The van der Waals surface area contributed by atoms with E-state index in [9.17, 15) is 18.3 Å². The first-order chi connectivity index (χ1) is 7.88. The number of imidazole rings is 1. The Kier molecular flexibility index (Phi) is 2.57. The summed E-state index contributed by atoms with van der Waals surface area (Å²) in [6.07, 6.45) is -4.50. The van der Waals surface area contributed by atoms with Crippen LogP contribution in [0.25, 0.3) is 11.3 Å². The standard InChI is InChI=1S/C11H9F3N2O/c1-6-9(7-3-2-4-8(17)5-7)16-10(15-6)11(12,13)14/h2-5,17H,1H3,(H,15,16). The maximum Gasteiger partial charge on any atom is 0.449 e. The first kappa shape index (κ1) is 11.5. The van der Waals surface area contributed by atoms with Gasteiger partial charge in [0.15, 0.2) is 0 Å². The molecule has 1 aromatic heterocycles. The Labute approximate surface area is 94.9 Å². The Balaban J connectivity index is 2.50. The van der Waals surface area contributed by atoms with E-state index in [0.717, 1.165) is 0 Å². The predicted octanol–water partition coefficient (Wildman–Crippen LogP) is 3.11. The number of aromatic amines is 1. The van der Waals surface area contributed by atoms with Crippen molar-refractivity contribution in [1.82, 2.24) is 9.97 Å². The molecule has 0 aliphatic heterocycles. The molecule has 0 saturated heterocycles. The number of phenols is 1. The van der Waals surface area contributed by atoms with Gasteiger partial charge in [-0.05, 0) is 19.1 Å². The van der Waals surface area contributed by atoms with E-state index in [1.807, 2.05) is 0 Å². The Hall–Kier alpha value is -1.98. The number of hydrogen-bond acceptors (Lipinski definition) is 2. The first-order valence-electron chi connectivity index (χ1n) is 4.81. The van der Waals surface area contributed by atoms with E-state index < -0.39 is 12.0 Å². The average Bonchev–Trinajstić information content (AvgIpc) is 2.60. The summed E-state index contributed by atoms with van der Waals surface area (Å²) >= 11 is 0. The maximum atomic E-state index is 12.4. The van der Waals surface area contributed by atoms with Crippen molar-refractivity contribution in [2.24, 2.45) is 0 Å². The number of aryl methyl sites for hydroxylation is 1. The van der Waals surface area contributed by atoms with Gasteiger partial charge in [0.1, 0.15) is 5.75 Å². The number of nitrogens with zero attached hydrogens (tertiary/aromatic N) is 1. The molecule has 6 heteroatoms. The highest BCUT2D eigenvalue weighted by Gasteiger charge is 2.35. The lowest BCUT2D eigenvalue weighted by Gasteiger charge is -2.00. The molecule has 1 heterocycles. The number of benzene rings is 1. The van der Waals surface area contributed by atoms with Gasteiger partial charge in [0, 0.05) is 11.3 Å². The second-order valence-electron chi connectivity index (χ2n) is 3.61. The van der Waals surface area contributed by atoms with Crippen molar-refractivity contribution >= 4 is 0 Å². The highest BCUT2D eigenvalue weighted by molar-refractivity contribution is 5.63. The second kappa shape index (κ2) is 3.80. The Morgan fingerprint density at radius 1 is 1.29 bits per heavy atom. The summed E-state index contributed by atoms with van der Waals surface area (Å²) in [5, 5.41) is 9.27. The smallest absolute Gasteiger partial charge is 0.449 e. The number of H-pyrrole nitrogens is 1. The number of phenolic OH excluding ortho intramolecular Hbond substituents is 1. The van der Waals surface area contributed by atoms with E-state index >= 15 is 0 Å². The van der Waals surface area contributed by atoms with E-state index in [-0.39, 0.29) is 11.4 Å². The third-order valence-corrected chi connectivity index (χ3v) is 2.27. The number of aromatic hydroxyl groups is 1. The van der Waals surface area contributed by atoms with Crippen LogP contribution in [0.2, 0.25) is 0 Å². The third-order valence-electron chi connectivity index (χ3n) is 2.27. The van der Waals surface area contributed by atoms with Crippen LogP contribution in [-0.4, -0.2) is 15.1 Å². The fourth-order valence-corrected chi connectivity index (χ4v) is 1.53. The molecule has 0 aliphatic rings. The molecular weight excluding hydrogens is 233 g/mol. The minimum absolute atomic E-state index is 0.0153. The molecule has 0 fully saturated rings. The monoisotopic (exact) mass is 242 g/mol. The van der Waals surface area contributed by atoms with Gasteiger partial charge in [0.05, 0.1) is 5.69 Å². The van der Waals surface area contributed by atoms with Gasteiger partial charge in [0.2, 0.25) is 5.82 Å². The lowest BCUT2D eigenvalue weighted by molar-refractivity contribution is -0.144. The lowest BCUT2D eigenvalue weighted by Crippen LogP contribution is -2.07. The molecule has 90 valence electrons. The quantitative estimate of drug-likeness (QED) is 0.807. The van der Waals surface area contributed by atoms with Gasteiger partial charge in [-0.15, -0.1) is 0 Å². The first-order valence-corrected chi connectivity index (χ1v) is 4.81. The van der Waals surface area contributed by atoms with Gasteiger partial charge in [-0.1, -0.05) is 12.1 Å². The van der Waals surface area contributed by atoms with E-state index in [4.69, 9.17) is 0 Å². The second-order valence-corrected chi connectivity index (χ2v) is 3.61. The zero-order valence-electron chi connectivity index (χ0n) is 8.84. The molecule has 0 unspecified atom stereocenters. The number of rotatable bonds is 1. The van der Waals surface area contributed by atoms with Crippen LogP contribution in [0.4, 0.5) is 13.2 Å². The van der Waals surface area contributed by atoms with Crippen LogP contribution >= 0.6 is 0 Å². The molecule has 0 atom stereocenters. The van der Waals surface area contributed by atoms with E-state index in [2.05, 4.69) is 9.97 Å². The topological polar surface area (TPSA) is 48.9 Å². The number of aromatic nitrogens is 2. The Bertz CT molecular complexity index is 546. The minimum Gasteiger partial charge on any atom is -0.508 e. The zero-order valence-corrected chi connectivity index (χ0v) is 8.84. The van der Waals surface area contributed by atoms with Crippen LogP contribution < -0.4 is 0 Å². The zero-order chi connectivity index (χ0) is 12.6. The Morgan fingerprint density at radius 2 is 2.00 bits per heavy atom.